The van der Waals surface area contributed by atoms with Crippen LogP contribution < -0.4 is 4.90 Å². The lowest BCUT2D eigenvalue weighted by atomic mass is 10.0. The third-order valence-electron chi connectivity index (χ3n) is 5.10. The van der Waals surface area contributed by atoms with E-state index in [0.29, 0.717) is 23.5 Å². The van der Waals surface area contributed by atoms with Crippen molar-refractivity contribution in [2.75, 3.05) is 11.9 Å². The van der Waals surface area contributed by atoms with Crippen molar-refractivity contribution in [1.82, 2.24) is 4.90 Å². The van der Waals surface area contributed by atoms with Crippen LogP contribution >= 0.6 is 0 Å². The van der Waals surface area contributed by atoms with Crippen molar-refractivity contribution in [1.29, 1.82) is 0 Å². The van der Waals surface area contributed by atoms with Gasteiger partial charge in [-0.1, -0.05) is 54.6 Å². The molecule has 4 nitrogen and oxygen atoms in total. The number of nitrogens with zero attached hydrogens (tertiary/aromatic N) is 2. The van der Waals surface area contributed by atoms with Gasteiger partial charge in [-0.25, -0.2) is 9.29 Å². The zero-order valence-corrected chi connectivity index (χ0v) is 16.8. The molecule has 0 unspecified atom stereocenters. The summed E-state index contributed by atoms with van der Waals surface area (Å²) in [6, 6.07) is 22.6. The average Bonchev–Trinajstić information content (AvgIpc) is 2.99. The van der Waals surface area contributed by atoms with Crippen LogP contribution in [0.1, 0.15) is 16.7 Å². The van der Waals surface area contributed by atoms with E-state index in [1.54, 1.807) is 24.1 Å². The van der Waals surface area contributed by atoms with E-state index in [9.17, 15) is 14.0 Å². The van der Waals surface area contributed by atoms with E-state index in [2.05, 4.69) is 0 Å². The van der Waals surface area contributed by atoms with E-state index < -0.39 is 11.7 Å². The Hall–Kier alpha value is -3.73. The normalized spacial score (nSPS) is 13.9. The number of carbonyl (C=O) groups excluding carboxylic acids is 2. The van der Waals surface area contributed by atoms with Gasteiger partial charge in [0.15, 0.2) is 0 Å². The van der Waals surface area contributed by atoms with Crippen molar-refractivity contribution in [3.8, 4) is 0 Å². The van der Waals surface area contributed by atoms with Crippen molar-refractivity contribution in [3.63, 3.8) is 0 Å². The standard InChI is InChI=1S/C25H21FN2O2/c1-17-7-6-10-21(15-17)28-24(29)22(19-11-13-20(26)14-12-19)23(25(28)30)27(2)16-18-8-4-3-5-9-18/h3-15H,16H2,1-2H3. The summed E-state index contributed by atoms with van der Waals surface area (Å²) in [5.41, 5.74) is 3.58. The summed E-state index contributed by atoms with van der Waals surface area (Å²) >= 11 is 0. The number of amides is 2. The topological polar surface area (TPSA) is 40.6 Å². The molecule has 3 aromatic rings. The van der Waals surface area contributed by atoms with E-state index >= 15 is 0 Å². The molecule has 0 radical (unpaired) electrons. The second kappa shape index (κ2) is 7.95. The van der Waals surface area contributed by atoms with Gasteiger partial charge in [0.05, 0.1) is 11.3 Å². The molecule has 3 aromatic carbocycles. The van der Waals surface area contributed by atoms with Crippen LogP contribution in [-0.4, -0.2) is 23.8 Å². The first-order valence-electron chi connectivity index (χ1n) is 9.66. The quantitative estimate of drug-likeness (QED) is 0.590. The minimum Gasteiger partial charge on any atom is -0.365 e. The lowest BCUT2D eigenvalue weighted by molar-refractivity contribution is -0.120. The second-order valence-electron chi connectivity index (χ2n) is 7.36. The molecule has 1 aliphatic rings. The molecule has 0 saturated carbocycles. The number of benzene rings is 3. The van der Waals surface area contributed by atoms with E-state index in [4.69, 9.17) is 0 Å². The molecule has 5 heteroatoms. The van der Waals surface area contributed by atoms with Crippen molar-refractivity contribution in [3.05, 3.63) is 107 Å². The molecule has 0 aromatic heterocycles. The van der Waals surface area contributed by atoms with Gasteiger partial charge in [-0.05, 0) is 47.9 Å². The Morgan fingerprint density at radius 3 is 2.23 bits per heavy atom. The summed E-state index contributed by atoms with van der Waals surface area (Å²) in [5.74, 6) is -1.19. The molecule has 1 aliphatic heterocycles. The molecule has 4 rings (SSSR count). The third-order valence-corrected chi connectivity index (χ3v) is 5.10. The zero-order valence-electron chi connectivity index (χ0n) is 16.8. The van der Waals surface area contributed by atoms with Gasteiger partial charge in [0.1, 0.15) is 11.5 Å². The molecule has 0 saturated heterocycles. The highest BCUT2D eigenvalue weighted by Crippen LogP contribution is 2.35. The summed E-state index contributed by atoms with van der Waals surface area (Å²) in [5, 5.41) is 0. The SMILES string of the molecule is Cc1cccc(N2C(=O)C(c3ccc(F)cc3)=C(N(C)Cc3ccccc3)C2=O)c1. The Bertz CT molecular complexity index is 1140. The zero-order chi connectivity index (χ0) is 21.3. The molecular weight excluding hydrogens is 379 g/mol. The molecule has 0 aliphatic carbocycles. The first kappa shape index (κ1) is 19.6. The van der Waals surface area contributed by atoms with E-state index in [1.165, 1.54) is 29.2 Å². The Balaban J connectivity index is 1.80. The molecule has 1 heterocycles. The highest BCUT2D eigenvalue weighted by atomic mass is 19.1. The van der Waals surface area contributed by atoms with Gasteiger partial charge in [0.2, 0.25) is 0 Å². The smallest absolute Gasteiger partial charge is 0.282 e. The van der Waals surface area contributed by atoms with Crippen molar-refractivity contribution < 1.29 is 14.0 Å². The van der Waals surface area contributed by atoms with Crippen LogP contribution in [-0.2, 0) is 16.1 Å². The largest absolute Gasteiger partial charge is 0.365 e. The molecule has 0 atom stereocenters. The van der Waals surface area contributed by atoms with Crippen LogP contribution in [0.15, 0.2) is 84.6 Å². The number of imide groups is 1. The third kappa shape index (κ3) is 3.62. The first-order chi connectivity index (χ1) is 14.5. The van der Waals surface area contributed by atoms with Crippen LogP contribution in [0.2, 0.25) is 0 Å². The number of hydrogen-bond donors (Lipinski definition) is 0. The van der Waals surface area contributed by atoms with Crippen LogP contribution in [0.5, 0.6) is 0 Å². The summed E-state index contributed by atoms with van der Waals surface area (Å²) in [6.07, 6.45) is 0. The number of aryl methyl sites for hydroxylation is 1. The van der Waals surface area contributed by atoms with Crippen molar-refractivity contribution in [2.24, 2.45) is 0 Å². The first-order valence-corrected chi connectivity index (χ1v) is 9.66. The van der Waals surface area contributed by atoms with Gasteiger partial charge in [-0.3, -0.25) is 9.59 Å². The molecule has 0 spiro atoms. The fourth-order valence-corrected chi connectivity index (χ4v) is 3.69. The number of halogens is 1. The molecule has 150 valence electrons. The second-order valence-corrected chi connectivity index (χ2v) is 7.36. The summed E-state index contributed by atoms with van der Waals surface area (Å²) in [7, 11) is 1.79. The van der Waals surface area contributed by atoms with Crippen LogP contribution in [0.25, 0.3) is 5.57 Å². The van der Waals surface area contributed by atoms with Gasteiger partial charge in [0, 0.05) is 13.6 Å². The van der Waals surface area contributed by atoms with Crippen LogP contribution in [0, 0.1) is 12.7 Å². The lowest BCUT2D eigenvalue weighted by Gasteiger charge is -2.21. The Kier molecular flexibility index (Phi) is 5.19. The van der Waals surface area contributed by atoms with Gasteiger partial charge in [-0.15, -0.1) is 0 Å². The monoisotopic (exact) mass is 400 g/mol. The fourth-order valence-electron chi connectivity index (χ4n) is 3.69. The van der Waals surface area contributed by atoms with Crippen LogP contribution in [0.4, 0.5) is 10.1 Å². The predicted molar refractivity (Wildman–Crippen MR) is 115 cm³/mol. The van der Waals surface area contributed by atoms with E-state index in [-0.39, 0.29) is 11.5 Å². The number of likely N-dealkylation sites (N-methyl/N-ethyl adjacent to an activating group) is 1. The van der Waals surface area contributed by atoms with Crippen LogP contribution in [0.3, 0.4) is 0 Å². The number of anilines is 1. The summed E-state index contributed by atoms with van der Waals surface area (Å²) in [6.45, 7) is 2.37. The van der Waals surface area contributed by atoms with E-state index in [1.807, 2.05) is 49.4 Å². The van der Waals surface area contributed by atoms with Crippen molar-refractivity contribution >= 4 is 23.1 Å². The number of carbonyl (C=O) groups is 2. The molecule has 0 N–H and O–H groups in total. The Labute approximate surface area is 174 Å². The highest BCUT2D eigenvalue weighted by molar-refractivity contribution is 6.45. The van der Waals surface area contributed by atoms with Gasteiger partial charge < -0.3 is 4.90 Å². The average molecular weight is 400 g/mol. The molecule has 2 amide bonds. The van der Waals surface area contributed by atoms with Crippen molar-refractivity contribution in [2.45, 2.75) is 13.5 Å². The van der Waals surface area contributed by atoms with Gasteiger partial charge in [-0.2, -0.15) is 0 Å². The van der Waals surface area contributed by atoms with Gasteiger partial charge >= 0.3 is 0 Å². The minimum absolute atomic E-state index is 0.278. The predicted octanol–water partition coefficient (Wildman–Crippen LogP) is 4.55. The summed E-state index contributed by atoms with van der Waals surface area (Å²) < 4.78 is 13.5. The maximum atomic E-state index is 13.5. The molecule has 30 heavy (non-hydrogen) atoms. The molecule has 0 bridgehead atoms. The highest BCUT2D eigenvalue weighted by Gasteiger charge is 2.41. The maximum Gasteiger partial charge on any atom is 0.282 e. The Morgan fingerprint density at radius 1 is 0.867 bits per heavy atom. The van der Waals surface area contributed by atoms with E-state index in [0.717, 1.165) is 11.1 Å². The minimum atomic E-state index is -0.410. The molecular formula is C25H21FN2O2. The lowest BCUT2D eigenvalue weighted by Crippen LogP contribution is -2.34. The Morgan fingerprint density at radius 2 is 1.57 bits per heavy atom. The number of hydrogen-bond acceptors (Lipinski definition) is 3. The maximum absolute atomic E-state index is 13.5. The fraction of sp³-hybridized carbons (Fsp3) is 0.120. The number of rotatable bonds is 5. The summed E-state index contributed by atoms with van der Waals surface area (Å²) in [4.78, 5) is 29.8. The molecule has 0 fully saturated rings. The van der Waals surface area contributed by atoms with Gasteiger partial charge in [0.25, 0.3) is 11.8 Å².